The lowest BCUT2D eigenvalue weighted by Crippen LogP contribution is -2.41. The second kappa shape index (κ2) is 6.88. The molecule has 0 fully saturated rings. The Kier molecular flexibility index (Phi) is 5.46. The molecule has 0 saturated carbocycles. The van der Waals surface area contributed by atoms with E-state index in [1.165, 1.54) is 27.7 Å². The molecule has 1 aromatic carbocycles. The number of amides is 1. The zero-order valence-corrected chi connectivity index (χ0v) is 12.5. The molecule has 0 aromatic heterocycles. The van der Waals surface area contributed by atoms with E-state index in [0.29, 0.717) is 5.69 Å². The lowest BCUT2D eigenvalue weighted by Gasteiger charge is -2.23. The molecule has 0 aliphatic rings. The van der Waals surface area contributed by atoms with Gasteiger partial charge in [-0.15, -0.1) is 0 Å². The van der Waals surface area contributed by atoms with Gasteiger partial charge in [0.1, 0.15) is 5.41 Å². The average molecular weight is 293 g/mol. The highest BCUT2D eigenvalue weighted by Crippen LogP contribution is 2.21. The van der Waals surface area contributed by atoms with Gasteiger partial charge >= 0.3 is 11.9 Å². The fourth-order valence-corrected chi connectivity index (χ4v) is 1.46. The predicted molar refractivity (Wildman–Crippen MR) is 76.2 cm³/mol. The third-order valence-electron chi connectivity index (χ3n) is 2.71. The summed E-state index contributed by atoms with van der Waals surface area (Å²) < 4.78 is 9.64. The zero-order valence-electron chi connectivity index (χ0n) is 12.5. The average Bonchev–Trinajstić information content (AvgIpc) is 2.38. The van der Waals surface area contributed by atoms with Crippen LogP contribution in [0.25, 0.3) is 0 Å². The first kappa shape index (κ1) is 16.7. The van der Waals surface area contributed by atoms with Crippen LogP contribution in [-0.4, -0.2) is 24.1 Å². The molecule has 1 amide bonds. The van der Waals surface area contributed by atoms with Gasteiger partial charge in [-0.1, -0.05) is 18.2 Å². The summed E-state index contributed by atoms with van der Waals surface area (Å²) in [7, 11) is 0. The van der Waals surface area contributed by atoms with Crippen LogP contribution < -0.4 is 5.32 Å². The van der Waals surface area contributed by atoms with Crippen LogP contribution >= 0.6 is 0 Å². The third kappa shape index (κ3) is 4.91. The number of carbonyl (C=O) groups excluding carboxylic acids is 3. The van der Waals surface area contributed by atoms with E-state index in [0.717, 1.165) is 0 Å². The van der Waals surface area contributed by atoms with Crippen molar-refractivity contribution in [3.63, 3.8) is 0 Å². The van der Waals surface area contributed by atoms with Crippen LogP contribution in [0.15, 0.2) is 30.3 Å². The van der Waals surface area contributed by atoms with Crippen LogP contribution in [0, 0.1) is 5.41 Å². The number of benzene rings is 1. The van der Waals surface area contributed by atoms with Crippen molar-refractivity contribution in [3.8, 4) is 0 Å². The largest absolute Gasteiger partial charge is 0.426 e. The van der Waals surface area contributed by atoms with Crippen LogP contribution in [0.4, 0.5) is 5.69 Å². The maximum atomic E-state index is 12.2. The number of para-hydroxylation sites is 1. The van der Waals surface area contributed by atoms with Gasteiger partial charge in [-0.2, -0.15) is 0 Å². The van der Waals surface area contributed by atoms with Gasteiger partial charge in [0.15, 0.2) is 0 Å². The fraction of sp³-hybridized carbons (Fsp3) is 0.400. The molecule has 0 spiro atoms. The van der Waals surface area contributed by atoms with E-state index in [-0.39, 0.29) is 0 Å². The van der Waals surface area contributed by atoms with E-state index >= 15 is 0 Å². The van der Waals surface area contributed by atoms with E-state index in [1.54, 1.807) is 24.3 Å². The van der Waals surface area contributed by atoms with Gasteiger partial charge in [0.25, 0.3) is 0 Å². The molecule has 1 rings (SSSR count). The minimum Gasteiger partial charge on any atom is -0.426 e. The molecule has 0 aliphatic carbocycles. The van der Waals surface area contributed by atoms with Crippen LogP contribution in [0.3, 0.4) is 0 Å². The minimum atomic E-state index is -1.41. The van der Waals surface area contributed by atoms with Crippen molar-refractivity contribution in [3.05, 3.63) is 30.3 Å². The van der Waals surface area contributed by atoms with Gasteiger partial charge in [0.2, 0.25) is 12.2 Å². The quantitative estimate of drug-likeness (QED) is 0.511. The summed E-state index contributed by atoms with van der Waals surface area (Å²) in [5, 5.41) is 2.63. The molecule has 0 saturated heterocycles. The summed E-state index contributed by atoms with van der Waals surface area (Å²) in [6, 6.07) is 8.77. The van der Waals surface area contributed by atoms with Gasteiger partial charge in [0, 0.05) is 19.5 Å². The van der Waals surface area contributed by atoms with Crippen molar-refractivity contribution in [1.82, 2.24) is 0 Å². The molecule has 1 atom stereocenters. The molecule has 0 heterocycles. The molecule has 6 heteroatoms. The van der Waals surface area contributed by atoms with E-state index < -0.39 is 29.6 Å². The number of hydrogen-bond acceptors (Lipinski definition) is 5. The minimum absolute atomic E-state index is 0.506. The highest BCUT2D eigenvalue weighted by Gasteiger charge is 2.39. The summed E-state index contributed by atoms with van der Waals surface area (Å²) in [5.41, 5.74) is -0.832. The first-order valence-electron chi connectivity index (χ1n) is 6.48. The van der Waals surface area contributed by atoms with Crippen LogP contribution in [0.5, 0.6) is 0 Å². The molecule has 0 bridgehead atoms. The predicted octanol–water partition coefficient (Wildman–Crippen LogP) is 2.10. The normalized spacial score (nSPS) is 12.2. The highest BCUT2D eigenvalue weighted by atomic mass is 16.7. The summed E-state index contributed by atoms with van der Waals surface area (Å²) >= 11 is 0. The second-order valence-corrected chi connectivity index (χ2v) is 5.03. The molecular formula is C15H19NO5. The van der Waals surface area contributed by atoms with Crippen LogP contribution in [0.1, 0.15) is 27.7 Å². The molecule has 21 heavy (non-hydrogen) atoms. The Labute approximate surface area is 123 Å². The van der Waals surface area contributed by atoms with Gasteiger partial charge in [-0.25, -0.2) is 0 Å². The van der Waals surface area contributed by atoms with Crippen molar-refractivity contribution in [2.45, 2.75) is 34.0 Å². The summed E-state index contributed by atoms with van der Waals surface area (Å²) in [4.78, 5) is 34.9. The van der Waals surface area contributed by atoms with Gasteiger partial charge < -0.3 is 14.8 Å². The molecule has 1 unspecified atom stereocenters. The molecule has 1 aromatic rings. The topological polar surface area (TPSA) is 81.7 Å². The Balaban J connectivity index is 2.68. The van der Waals surface area contributed by atoms with Crippen molar-refractivity contribution in [2.75, 3.05) is 5.32 Å². The number of carbonyl (C=O) groups is 3. The van der Waals surface area contributed by atoms with Crippen LogP contribution in [-0.2, 0) is 23.9 Å². The number of anilines is 1. The molecular weight excluding hydrogens is 274 g/mol. The summed E-state index contributed by atoms with van der Waals surface area (Å²) in [6.07, 6.45) is -1.04. The number of rotatable bonds is 5. The zero-order chi connectivity index (χ0) is 16.0. The smallest absolute Gasteiger partial charge is 0.324 e. The SMILES string of the molecule is CC(=O)OC(C)OC(=O)C(C)(C)C(=O)Nc1ccccc1. The highest BCUT2D eigenvalue weighted by molar-refractivity contribution is 6.08. The van der Waals surface area contributed by atoms with E-state index in [1.807, 2.05) is 6.07 Å². The van der Waals surface area contributed by atoms with E-state index in [4.69, 9.17) is 9.47 Å². The van der Waals surface area contributed by atoms with Gasteiger partial charge in [-0.05, 0) is 26.0 Å². The Bertz CT molecular complexity index is 524. The van der Waals surface area contributed by atoms with Crippen molar-refractivity contribution >= 4 is 23.5 Å². The maximum Gasteiger partial charge on any atom is 0.324 e. The van der Waals surface area contributed by atoms with Crippen molar-refractivity contribution in [1.29, 1.82) is 0 Å². The molecule has 114 valence electrons. The lowest BCUT2D eigenvalue weighted by atomic mass is 9.92. The van der Waals surface area contributed by atoms with Gasteiger partial charge in [-0.3, -0.25) is 14.4 Å². The van der Waals surface area contributed by atoms with Gasteiger partial charge in [0.05, 0.1) is 0 Å². The standard InChI is InChI=1S/C15H19NO5/c1-10(17)20-11(2)21-14(19)15(3,4)13(18)16-12-8-6-5-7-9-12/h5-9,11H,1-4H3,(H,16,18). The van der Waals surface area contributed by atoms with Crippen molar-refractivity contribution < 1.29 is 23.9 Å². The number of nitrogens with one attached hydrogen (secondary N) is 1. The fourth-order valence-electron chi connectivity index (χ4n) is 1.46. The Morgan fingerprint density at radius 3 is 2.19 bits per heavy atom. The first-order valence-corrected chi connectivity index (χ1v) is 6.48. The van der Waals surface area contributed by atoms with Crippen molar-refractivity contribution in [2.24, 2.45) is 5.41 Å². The summed E-state index contributed by atoms with van der Waals surface area (Å²) in [5.74, 6) is -1.85. The molecule has 0 radical (unpaired) electrons. The molecule has 6 nitrogen and oxygen atoms in total. The Hall–Kier alpha value is -2.37. The van der Waals surface area contributed by atoms with E-state index in [2.05, 4.69) is 5.32 Å². The molecule has 1 N–H and O–H groups in total. The molecule has 0 aliphatic heterocycles. The maximum absolute atomic E-state index is 12.2. The number of hydrogen-bond donors (Lipinski definition) is 1. The summed E-state index contributed by atoms with van der Waals surface area (Å²) in [6.45, 7) is 5.49. The lowest BCUT2D eigenvalue weighted by molar-refractivity contribution is -0.189. The number of ether oxygens (including phenoxy) is 2. The first-order chi connectivity index (χ1) is 9.73. The van der Waals surface area contributed by atoms with Crippen LogP contribution in [0.2, 0.25) is 0 Å². The second-order valence-electron chi connectivity index (χ2n) is 5.03. The monoisotopic (exact) mass is 293 g/mol. The Morgan fingerprint density at radius 2 is 1.67 bits per heavy atom. The third-order valence-corrected chi connectivity index (χ3v) is 2.71. The Morgan fingerprint density at radius 1 is 1.10 bits per heavy atom. The number of esters is 2. The van der Waals surface area contributed by atoms with E-state index in [9.17, 15) is 14.4 Å².